The molecular formula is C27H22N4O3. The van der Waals surface area contributed by atoms with Crippen LogP contribution in [0.15, 0.2) is 76.4 Å². The second kappa shape index (κ2) is 8.44. The summed E-state index contributed by atoms with van der Waals surface area (Å²) in [6.45, 7) is 3.76. The first-order chi connectivity index (χ1) is 16.4. The molecular weight excluding hydrogens is 428 g/mol. The van der Waals surface area contributed by atoms with E-state index in [1.807, 2.05) is 56.3 Å². The number of nitrogens with zero attached hydrogens (tertiary/aromatic N) is 1. The second-order valence-electron chi connectivity index (χ2n) is 8.34. The number of pyridine rings is 3. The zero-order chi connectivity index (χ0) is 23.8. The van der Waals surface area contributed by atoms with E-state index in [2.05, 4.69) is 20.3 Å². The minimum Gasteiger partial charge on any atom is -0.348 e. The van der Waals surface area contributed by atoms with Crippen molar-refractivity contribution in [1.29, 1.82) is 0 Å². The van der Waals surface area contributed by atoms with Gasteiger partial charge in [0.2, 0.25) is 5.56 Å². The molecule has 0 saturated heterocycles. The minimum absolute atomic E-state index is 0.0942. The summed E-state index contributed by atoms with van der Waals surface area (Å²) in [5.41, 5.74) is 5.15. The number of rotatable bonds is 4. The zero-order valence-electron chi connectivity index (χ0n) is 18.7. The molecule has 1 amide bonds. The molecule has 5 rings (SSSR count). The molecule has 0 fully saturated rings. The third kappa shape index (κ3) is 3.99. The van der Waals surface area contributed by atoms with Gasteiger partial charge in [-0.25, -0.2) is 0 Å². The molecule has 0 aliphatic carbocycles. The van der Waals surface area contributed by atoms with Crippen molar-refractivity contribution >= 4 is 27.7 Å². The van der Waals surface area contributed by atoms with Gasteiger partial charge in [-0.1, -0.05) is 12.1 Å². The van der Waals surface area contributed by atoms with Crippen molar-refractivity contribution < 1.29 is 4.79 Å². The summed E-state index contributed by atoms with van der Waals surface area (Å²) in [6.07, 6.45) is 1.74. The molecule has 0 saturated carbocycles. The van der Waals surface area contributed by atoms with Crippen LogP contribution in [-0.4, -0.2) is 20.9 Å². The highest BCUT2D eigenvalue weighted by Crippen LogP contribution is 2.28. The van der Waals surface area contributed by atoms with Gasteiger partial charge in [-0.15, -0.1) is 0 Å². The van der Waals surface area contributed by atoms with Crippen LogP contribution in [0.2, 0.25) is 0 Å². The van der Waals surface area contributed by atoms with Crippen LogP contribution in [0.3, 0.4) is 0 Å². The van der Waals surface area contributed by atoms with E-state index >= 15 is 0 Å². The van der Waals surface area contributed by atoms with Crippen LogP contribution in [0.1, 0.15) is 27.2 Å². The normalized spacial score (nSPS) is 11.1. The fourth-order valence-corrected chi connectivity index (χ4v) is 4.24. The van der Waals surface area contributed by atoms with E-state index in [-0.39, 0.29) is 23.6 Å². The number of aromatic nitrogens is 3. The number of fused-ring (bicyclic) bond motifs is 2. The number of aromatic amines is 2. The lowest BCUT2D eigenvalue weighted by Gasteiger charge is -2.12. The number of aryl methyl sites for hydroxylation is 2. The number of nitrogens with one attached hydrogen (secondary N) is 3. The molecule has 7 nitrogen and oxygen atoms in total. The van der Waals surface area contributed by atoms with Crippen LogP contribution in [0.25, 0.3) is 32.9 Å². The summed E-state index contributed by atoms with van der Waals surface area (Å²) in [7, 11) is 0. The first-order valence-corrected chi connectivity index (χ1v) is 10.9. The highest BCUT2D eigenvalue weighted by Gasteiger charge is 2.15. The summed E-state index contributed by atoms with van der Waals surface area (Å²) in [6, 6.07) is 18.3. The SMILES string of the molecule is Cc1cc(C)c(CNC(=O)c2cc(-c3ccc4ncccc4c3)cc3[nH]c(=O)ccc23)c(=O)[nH]1. The topological polar surface area (TPSA) is 108 Å². The fraction of sp³-hybridized carbons (Fsp3) is 0.111. The van der Waals surface area contributed by atoms with Crippen molar-refractivity contribution in [2.75, 3.05) is 0 Å². The first kappa shape index (κ1) is 21.3. The molecule has 3 aromatic heterocycles. The van der Waals surface area contributed by atoms with Crippen LogP contribution >= 0.6 is 0 Å². The monoisotopic (exact) mass is 450 g/mol. The van der Waals surface area contributed by atoms with E-state index < -0.39 is 0 Å². The first-order valence-electron chi connectivity index (χ1n) is 10.9. The smallest absolute Gasteiger partial charge is 0.253 e. The van der Waals surface area contributed by atoms with Crippen LogP contribution in [-0.2, 0) is 6.54 Å². The standard InChI is InChI=1S/C27H22N4O3/c1-15-10-16(2)30-27(34)22(15)14-29-26(33)21-12-19(13-24-20(21)6-8-25(32)31-24)17-5-7-23-18(11-17)4-3-9-28-23/h3-13H,14H2,1-2H3,(H,29,33)(H,30,34)(H,31,32). The van der Waals surface area contributed by atoms with Gasteiger partial charge >= 0.3 is 0 Å². The van der Waals surface area contributed by atoms with Crippen LogP contribution in [0.5, 0.6) is 0 Å². The number of carbonyl (C=O) groups is 1. The van der Waals surface area contributed by atoms with Crippen LogP contribution in [0.4, 0.5) is 0 Å². The van der Waals surface area contributed by atoms with Gasteiger partial charge in [0.1, 0.15) is 0 Å². The molecule has 0 unspecified atom stereocenters. The van der Waals surface area contributed by atoms with Crippen molar-refractivity contribution in [2.45, 2.75) is 20.4 Å². The number of hydrogen-bond acceptors (Lipinski definition) is 4. The molecule has 0 bridgehead atoms. The Labute approximate surface area is 194 Å². The van der Waals surface area contributed by atoms with Gasteiger partial charge in [0.05, 0.1) is 5.52 Å². The van der Waals surface area contributed by atoms with Gasteiger partial charge < -0.3 is 15.3 Å². The van der Waals surface area contributed by atoms with Crippen LogP contribution < -0.4 is 16.4 Å². The Morgan fingerprint density at radius 3 is 2.62 bits per heavy atom. The molecule has 3 N–H and O–H groups in total. The lowest BCUT2D eigenvalue weighted by molar-refractivity contribution is 0.0952. The molecule has 0 spiro atoms. The number of carbonyl (C=O) groups excluding carboxylic acids is 1. The maximum Gasteiger partial charge on any atom is 0.253 e. The average Bonchev–Trinajstić information content (AvgIpc) is 2.82. The van der Waals surface area contributed by atoms with Gasteiger partial charge in [-0.3, -0.25) is 19.4 Å². The van der Waals surface area contributed by atoms with E-state index in [1.54, 1.807) is 18.3 Å². The molecule has 2 aromatic carbocycles. The van der Waals surface area contributed by atoms with Crippen molar-refractivity contribution in [3.63, 3.8) is 0 Å². The largest absolute Gasteiger partial charge is 0.348 e. The molecule has 34 heavy (non-hydrogen) atoms. The highest BCUT2D eigenvalue weighted by molar-refractivity contribution is 6.08. The number of H-pyrrole nitrogens is 2. The minimum atomic E-state index is -0.333. The van der Waals surface area contributed by atoms with Gasteiger partial charge in [-0.05, 0) is 73.0 Å². The van der Waals surface area contributed by atoms with Gasteiger partial charge in [0.15, 0.2) is 0 Å². The molecule has 0 atom stereocenters. The van der Waals surface area contributed by atoms with E-state index in [0.29, 0.717) is 22.0 Å². The van der Waals surface area contributed by atoms with Crippen molar-refractivity contribution in [1.82, 2.24) is 20.3 Å². The molecule has 7 heteroatoms. The number of benzene rings is 2. The van der Waals surface area contributed by atoms with Gasteiger partial charge in [-0.2, -0.15) is 0 Å². The molecule has 0 radical (unpaired) electrons. The Balaban J connectivity index is 1.57. The Morgan fingerprint density at radius 1 is 0.941 bits per heavy atom. The third-order valence-electron chi connectivity index (χ3n) is 5.94. The highest BCUT2D eigenvalue weighted by atomic mass is 16.2. The predicted molar refractivity (Wildman–Crippen MR) is 133 cm³/mol. The Morgan fingerprint density at radius 2 is 1.79 bits per heavy atom. The van der Waals surface area contributed by atoms with Crippen molar-refractivity contribution in [3.8, 4) is 11.1 Å². The molecule has 0 aliphatic heterocycles. The molecule has 0 aliphatic rings. The molecule has 168 valence electrons. The Bertz CT molecular complexity index is 1700. The van der Waals surface area contributed by atoms with Crippen LogP contribution in [0, 0.1) is 13.8 Å². The van der Waals surface area contributed by atoms with Gasteiger partial charge in [0, 0.05) is 51.9 Å². The van der Waals surface area contributed by atoms with E-state index in [1.165, 1.54) is 6.07 Å². The predicted octanol–water partition coefficient (Wildman–Crippen LogP) is 3.98. The van der Waals surface area contributed by atoms with E-state index in [0.717, 1.165) is 33.3 Å². The van der Waals surface area contributed by atoms with E-state index in [4.69, 9.17) is 0 Å². The lowest BCUT2D eigenvalue weighted by Crippen LogP contribution is -2.28. The number of amides is 1. The quantitative estimate of drug-likeness (QED) is 0.385. The van der Waals surface area contributed by atoms with E-state index in [9.17, 15) is 14.4 Å². The summed E-state index contributed by atoms with van der Waals surface area (Å²) in [5, 5.41) is 4.47. The number of hydrogen-bond donors (Lipinski definition) is 3. The maximum absolute atomic E-state index is 13.3. The van der Waals surface area contributed by atoms with Crippen molar-refractivity contribution in [3.05, 3.63) is 110 Å². The van der Waals surface area contributed by atoms with Crippen molar-refractivity contribution in [2.24, 2.45) is 0 Å². The molecule has 5 aromatic rings. The maximum atomic E-state index is 13.3. The summed E-state index contributed by atoms with van der Waals surface area (Å²) in [5.74, 6) is -0.333. The Hall–Kier alpha value is -4.52. The summed E-state index contributed by atoms with van der Waals surface area (Å²) in [4.78, 5) is 47.6. The fourth-order valence-electron chi connectivity index (χ4n) is 4.24. The summed E-state index contributed by atoms with van der Waals surface area (Å²) >= 11 is 0. The molecule has 3 heterocycles. The van der Waals surface area contributed by atoms with Gasteiger partial charge in [0.25, 0.3) is 11.5 Å². The third-order valence-corrected chi connectivity index (χ3v) is 5.94. The average molecular weight is 450 g/mol. The zero-order valence-corrected chi connectivity index (χ0v) is 18.7. The summed E-state index contributed by atoms with van der Waals surface area (Å²) < 4.78 is 0. The Kier molecular flexibility index (Phi) is 5.30. The lowest BCUT2D eigenvalue weighted by atomic mass is 9.97. The second-order valence-corrected chi connectivity index (χ2v) is 8.34.